The molecule has 4 aromatic rings. The van der Waals surface area contributed by atoms with Crippen molar-refractivity contribution in [1.29, 1.82) is 0 Å². The predicted octanol–water partition coefficient (Wildman–Crippen LogP) is 6.83. The van der Waals surface area contributed by atoms with Gasteiger partial charge in [0.05, 0.1) is 30.2 Å². The van der Waals surface area contributed by atoms with Crippen molar-refractivity contribution in [3.8, 4) is 5.75 Å². The van der Waals surface area contributed by atoms with E-state index in [1.807, 2.05) is 42.5 Å². The van der Waals surface area contributed by atoms with Crippen LogP contribution in [0.5, 0.6) is 5.75 Å². The summed E-state index contributed by atoms with van der Waals surface area (Å²) in [5.41, 5.74) is 0.942. The van der Waals surface area contributed by atoms with E-state index < -0.39 is 40.3 Å². The summed E-state index contributed by atoms with van der Waals surface area (Å²) in [5.74, 6) is -2.10. The van der Waals surface area contributed by atoms with Gasteiger partial charge in [-0.2, -0.15) is 8.78 Å². The number of fused-ring (bicyclic) bond motifs is 1. The summed E-state index contributed by atoms with van der Waals surface area (Å²) < 4.78 is 57.9. The number of nitrogens with one attached hydrogen (secondary N) is 1. The number of alkyl halides is 2. The van der Waals surface area contributed by atoms with E-state index in [2.05, 4.69) is 10.1 Å². The van der Waals surface area contributed by atoms with Gasteiger partial charge in [-0.05, 0) is 30.2 Å². The zero-order valence-corrected chi connectivity index (χ0v) is 26.8. The van der Waals surface area contributed by atoms with Crippen LogP contribution in [0.25, 0.3) is 10.9 Å². The first-order valence-electron chi connectivity index (χ1n) is 15.2. The number of nitrogens with zero attached hydrogens (tertiary/aromatic N) is 3. The third-order valence-electron chi connectivity index (χ3n) is 8.34. The van der Waals surface area contributed by atoms with Crippen LogP contribution < -0.4 is 10.1 Å². The molecule has 13 heteroatoms. The molecular weight excluding hydrogens is 614 g/mol. The van der Waals surface area contributed by atoms with Crippen molar-refractivity contribution in [3.63, 3.8) is 0 Å². The first-order valence-corrected chi connectivity index (χ1v) is 15.2. The number of nitro groups is 1. The highest BCUT2D eigenvalue weighted by molar-refractivity contribution is 5.91. The van der Waals surface area contributed by atoms with Gasteiger partial charge in [0, 0.05) is 75.0 Å². The van der Waals surface area contributed by atoms with Gasteiger partial charge in [0.25, 0.3) is 11.6 Å². The van der Waals surface area contributed by atoms with E-state index in [0.29, 0.717) is 61.0 Å². The summed E-state index contributed by atoms with van der Waals surface area (Å²) in [4.78, 5) is 20.6. The maximum Gasteiger partial charge on any atom is 0.296 e. The summed E-state index contributed by atoms with van der Waals surface area (Å²) >= 11 is 0. The minimum Gasteiger partial charge on any atom is -0.496 e. The molecule has 2 heterocycles. The lowest BCUT2D eigenvalue weighted by molar-refractivity contribution is -0.385. The lowest BCUT2D eigenvalue weighted by atomic mass is 9.84. The summed E-state index contributed by atoms with van der Waals surface area (Å²) in [7, 11) is 4.38. The molecule has 1 atom stereocenters. The number of rotatable bonds is 14. The largest absolute Gasteiger partial charge is 0.496 e. The third kappa shape index (κ3) is 7.65. The van der Waals surface area contributed by atoms with Crippen LogP contribution in [0.3, 0.4) is 0 Å². The number of hydrogen-bond acceptors (Lipinski definition) is 10. The monoisotopic (exact) mass is 652 g/mol. The normalized spacial score (nSPS) is 15.4. The van der Waals surface area contributed by atoms with Crippen molar-refractivity contribution >= 4 is 22.4 Å². The van der Waals surface area contributed by atoms with Gasteiger partial charge in [0.15, 0.2) is 5.82 Å². The van der Waals surface area contributed by atoms with Gasteiger partial charge in [-0.25, -0.2) is 9.97 Å². The van der Waals surface area contributed by atoms with E-state index in [1.165, 1.54) is 12.1 Å². The van der Waals surface area contributed by atoms with Crippen LogP contribution in [-0.4, -0.2) is 56.0 Å². The van der Waals surface area contributed by atoms with E-state index in [9.17, 15) is 18.9 Å². The van der Waals surface area contributed by atoms with Crippen LogP contribution in [0.4, 0.5) is 20.3 Å². The van der Waals surface area contributed by atoms with E-state index in [0.717, 1.165) is 24.3 Å². The fourth-order valence-corrected chi connectivity index (χ4v) is 5.78. The number of benzene rings is 3. The summed E-state index contributed by atoms with van der Waals surface area (Å²) in [6.45, 7) is 2.24. The molecule has 1 aromatic heterocycles. The summed E-state index contributed by atoms with van der Waals surface area (Å²) in [5, 5.41) is 15.7. The Kier molecular flexibility index (Phi) is 10.6. The fraction of sp³-hybridized carbons (Fsp3) is 0.412. The standard InChI is InChI=1S/C34H38F2N4O7/c1-22(24-14-25(34(35,36)21-43-2)16-26(15-24)40(41)42)37-32-27-17-28(33(45-4)10-12-46-13-11-33)30(44-3)18-29(27)38-31(39-32)20-47-19-23-8-6-5-7-9-23/h5-9,14-18,22H,10-13,19-21H2,1-4H3,(H,37,38,39)/t22-/m1/s1. The van der Waals surface area contributed by atoms with E-state index in [1.54, 1.807) is 21.1 Å². The molecule has 1 N–H and O–H groups in total. The smallest absolute Gasteiger partial charge is 0.296 e. The van der Waals surface area contributed by atoms with Crippen LogP contribution in [0.2, 0.25) is 0 Å². The zero-order chi connectivity index (χ0) is 33.6. The third-order valence-corrected chi connectivity index (χ3v) is 8.34. The number of nitro benzene ring substituents is 1. The maximum absolute atomic E-state index is 14.9. The molecule has 5 rings (SSSR count). The maximum atomic E-state index is 14.9. The average Bonchev–Trinajstić information content (AvgIpc) is 3.08. The zero-order valence-electron chi connectivity index (χ0n) is 26.8. The highest BCUT2D eigenvalue weighted by Crippen LogP contribution is 2.43. The molecule has 0 aliphatic carbocycles. The molecule has 0 bridgehead atoms. The van der Waals surface area contributed by atoms with Crippen LogP contribution in [0, 0.1) is 10.1 Å². The van der Waals surface area contributed by atoms with Crippen molar-refractivity contribution in [1.82, 2.24) is 9.97 Å². The van der Waals surface area contributed by atoms with Crippen LogP contribution in [0.1, 0.15) is 53.9 Å². The molecule has 3 aromatic carbocycles. The van der Waals surface area contributed by atoms with Gasteiger partial charge in [-0.1, -0.05) is 30.3 Å². The first kappa shape index (κ1) is 34.0. The molecule has 0 saturated carbocycles. The number of ether oxygens (including phenoxy) is 5. The highest BCUT2D eigenvalue weighted by Gasteiger charge is 2.38. The molecule has 0 unspecified atom stereocenters. The Morgan fingerprint density at radius 2 is 1.79 bits per heavy atom. The van der Waals surface area contributed by atoms with Crippen LogP contribution >= 0.6 is 0 Å². The Hall–Kier alpha value is -4.30. The number of methoxy groups -OCH3 is 3. The minimum absolute atomic E-state index is 0.0848. The molecule has 47 heavy (non-hydrogen) atoms. The van der Waals surface area contributed by atoms with Gasteiger partial charge < -0.3 is 29.0 Å². The van der Waals surface area contributed by atoms with Crippen LogP contribution in [0.15, 0.2) is 60.7 Å². The first-order chi connectivity index (χ1) is 22.6. The number of halogens is 2. The Bertz CT molecular complexity index is 1700. The van der Waals surface area contributed by atoms with E-state index in [4.69, 9.17) is 28.9 Å². The van der Waals surface area contributed by atoms with Crippen molar-refractivity contribution in [3.05, 3.63) is 98.9 Å². The molecule has 1 fully saturated rings. The topological polar surface area (TPSA) is 127 Å². The second-order valence-electron chi connectivity index (χ2n) is 11.4. The van der Waals surface area contributed by atoms with Gasteiger partial charge in [-0.3, -0.25) is 10.1 Å². The van der Waals surface area contributed by atoms with E-state index in [-0.39, 0.29) is 12.2 Å². The van der Waals surface area contributed by atoms with Crippen molar-refractivity contribution in [2.24, 2.45) is 0 Å². The molecule has 1 aliphatic rings. The highest BCUT2D eigenvalue weighted by atomic mass is 19.3. The quantitative estimate of drug-likeness (QED) is 0.114. The van der Waals surface area contributed by atoms with Crippen molar-refractivity contribution in [2.45, 2.75) is 50.5 Å². The molecule has 0 radical (unpaired) electrons. The van der Waals surface area contributed by atoms with Crippen molar-refractivity contribution < 1.29 is 37.4 Å². The van der Waals surface area contributed by atoms with Gasteiger partial charge in [0.2, 0.25) is 0 Å². The SMILES string of the molecule is COCC(F)(F)c1cc([C@@H](C)Nc2nc(COCc3ccccc3)nc3cc(OC)c(C4(OC)CCOCC4)cc23)cc([N+](=O)[O-])c1. The second kappa shape index (κ2) is 14.6. The van der Waals surface area contributed by atoms with Gasteiger partial charge in [-0.15, -0.1) is 0 Å². The fourth-order valence-electron chi connectivity index (χ4n) is 5.78. The molecule has 1 saturated heterocycles. The lowest BCUT2D eigenvalue weighted by Crippen LogP contribution is -2.36. The van der Waals surface area contributed by atoms with Gasteiger partial charge >= 0.3 is 0 Å². The Morgan fingerprint density at radius 1 is 1.04 bits per heavy atom. The summed E-state index contributed by atoms with van der Waals surface area (Å²) in [6.07, 6.45) is 1.20. The minimum atomic E-state index is -3.44. The number of non-ortho nitro benzene ring substituents is 1. The Morgan fingerprint density at radius 3 is 2.45 bits per heavy atom. The second-order valence-corrected chi connectivity index (χ2v) is 11.4. The Labute approximate surface area is 271 Å². The Balaban J connectivity index is 1.58. The molecule has 0 spiro atoms. The van der Waals surface area contributed by atoms with Crippen molar-refractivity contribution in [2.75, 3.05) is 46.5 Å². The molecular formula is C34H38F2N4O7. The van der Waals surface area contributed by atoms with Gasteiger partial charge in [0.1, 0.15) is 30.4 Å². The number of anilines is 1. The molecule has 0 amide bonds. The van der Waals surface area contributed by atoms with Crippen LogP contribution in [-0.2, 0) is 43.7 Å². The number of hydrogen-bond donors (Lipinski definition) is 1. The van der Waals surface area contributed by atoms with E-state index >= 15 is 0 Å². The average molecular weight is 653 g/mol. The summed E-state index contributed by atoms with van der Waals surface area (Å²) in [6, 6.07) is 16.1. The molecule has 11 nitrogen and oxygen atoms in total. The predicted molar refractivity (Wildman–Crippen MR) is 171 cm³/mol. The number of aromatic nitrogens is 2. The lowest BCUT2D eigenvalue weighted by Gasteiger charge is -2.37. The molecule has 1 aliphatic heterocycles. The molecule has 250 valence electrons.